The van der Waals surface area contributed by atoms with Crippen LogP contribution in [0.4, 0.5) is 0 Å². The van der Waals surface area contributed by atoms with E-state index in [-0.39, 0.29) is 5.54 Å². The van der Waals surface area contributed by atoms with Crippen LogP contribution in [0.5, 0.6) is 0 Å². The largest absolute Gasteiger partial charge is 0.308 e. The zero-order valence-corrected chi connectivity index (χ0v) is 8.98. The lowest BCUT2D eigenvalue weighted by Crippen LogP contribution is -2.33. The molecule has 1 aromatic rings. The standard InChI is InChI=1S/C9H15N3S/c1-9(2,3)11-8(12-10)7-5-4-6-13-7/h4-6H,10H2,1-3H3,(H,11,12). The van der Waals surface area contributed by atoms with E-state index < -0.39 is 0 Å². The number of nitrogens with one attached hydrogen (secondary N) is 1. The Hall–Kier alpha value is -0.870. The van der Waals surface area contributed by atoms with Gasteiger partial charge in [-0.25, -0.2) is 5.84 Å². The molecule has 0 aliphatic rings. The van der Waals surface area contributed by atoms with Crippen molar-refractivity contribution in [1.29, 1.82) is 0 Å². The Morgan fingerprint density at radius 2 is 2.23 bits per heavy atom. The van der Waals surface area contributed by atoms with E-state index in [1.807, 2.05) is 38.3 Å². The Bertz CT molecular complexity index is 282. The monoisotopic (exact) mass is 197 g/mol. The van der Waals surface area contributed by atoms with E-state index in [9.17, 15) is 0 Å². The maximum absolute atomic E-state index is 5.40. The fourth-order valence-corrected chi connectivity index (χ4v) is 1.58. The van der Waals surface area contributed by atoms with Crippen LogP contribution < -0.4 is 11.3 Å². The molecule has 0 atom stereocenters. The molecule has 1 heterocycles. The van der Waals surface area contributed by atoms with Crippen molar-refractivity contribution < 1.29 is 0 Å². The fraction of sp³-hybridized carbons (Fsp3) is 0.444. The van der Waals surface area contributed by atoms with E-state index in [1.54, 1.807) is 11.3 Å². The predicted molar refractivity (Wildman–Crippen MR) is 57.9 cm³/mol. The number of nitrogens with two attached hydrogens (primary N) is 1. The fourth-order valence-electron chi connectivity index (χ4n) is 0.907. The number of hydrogen-bond donors (Lipinski definition) is 2. The first-order valence-corrected chi connectivity index (χ1v) is 5.01. The van der Waals surface area contributed by atoms with Gasteiger partial charge in [-0.15, -0.1) is 11.3 Å². The molecule has 0 radical (unpaired) electrons. The van der Waals surface area contributed by atoms with Crippen LogP contribution in [0.1, 0.15) is 25.6 Å². The number of hydrazine groups is 1. The second-order valence-electron chi connectivity index (χ2n) is 3.75. The van der Waals surface area contributed by atoms with E-state index in [1.165, 1.54) is 0 Å². The van der Waals surface area contributed by atoms with Gasteiger partial charge in [0.15, 0.2) is 5.84 Å². The number of amidine groups is 1. The van der Waals surface area contributed by atoms with Crippen molar-refractivity contribution in [2.45, 2.75) is 26.3 Å². The van der Waals surface area contributed by atoms with E-state index in [0.29, 0.717) is 0 Å². The summed E-state index contributed by atoms with van der Waals surface area (Å²) in [4.78, 5) is 5.53. The molecule has 0 fully saturated rings. The van der Waals surface area contributed by atoms with Crippen LogP contribution in [0.25, 0.3) is 0 Å². The number of aliphatic imine (C=N–C) groups is 1. The first-order valence-electron chi connectivity index (χ1n) is 4.13. The van der Waals surface area contributed by atoms with Crippen molar-refractivity contribution in [1.82, 2.24) is 5.43 Å². The van der Waals surface area contributed by atoms with Crippen molar-refractivity contribution >= 4 is 17.2 Å². The SMILES string of the molecule is CC(C)(C)N=C(NN)c1cccs1. The van der Waals surface area contributed by atoms with Crippen molar-refractivity contribution in [3.63, 3.8) is 0 Å². The van der Waals surface area contributed by atoms with Crippen molar-refractivity contribution in [2.24, 2.45) is 10.8 Å². The Kier molecular flexibility index (Phi) is 3.06. The molecular weight excluding hydrogens is 182 g/mol. The Morgan fingerprint density at radius 1 is 1.54 bits per heavy atom. The molecule has 0 amide bonds. The highest BCUT2D eigenvalue weighted by atomic mass is 32.1. The van der Waals surface area contributed by atoms with Crippen LogP contribution in [-0.4, -0.2) is 11.4 Å². The molecule has 0 aromatic carbocycles. The number of rotatable bonds is 1. The van der Waals surface area contributed by atoms with E-state index >= 15 is 0 Å². The Balaban J connectivity index is 2.93. The molecular formula is C9H15N3S. The van der Waals surface area contributed by atoms with Crippen molar-refractivity contribution in [3.05, 3.63) is 22.4 Å². The van der Waals surface area contributed by atoms with Crippen molar-refractivity contribution in [2.75, 3.05) is 0 Å². The molecule has 0 saturated heterocycles. The predicted octanol–water partition coefficient (Wildman–Crippen LogP) is 1.76. The van der Waals surface area contributed by atoms with Gasteiger partial charge in [0.1, 0.15) is 0 Å². The summed E-state index contributed by atoms with van der Waals surface area (Å²) < 4.78 is 0. The maximum atomic E-state index is 5.40. The van der Waals surface area contributed by atoms with Crippen LogP contribution in [0.15, 0.2) is 22.5 Å². The highest BCUT2D eigenvalue weighted by molar-refractivity contribution is 7.12. The lowest BCUT2D eigenvalue weighted by Gasteiger charge is -2.14. The summed E-state index contributed by atoms with van der Waals surface area (Å²) in [6.45, 7) is 6.12. The summed E-state index contributed by atoms with van der Waals surface area (Å²) in [6.07, 6.45) is 0. The molecule has 0 aliphatic carbocycles. The van der Waals surface area contributed by atoms with Crippen LogP contribution >= 0.6 is 11.3 Å². The summed E-state index contributed by atoms with van der Waals surface area (Å²) in [6, 6.07) is 3.98. The highest BCUT2D eigenvalue weighted by Crippen LogP contribution is 2.13. The summed E-state index contributed by atoms with van der Waals surface area (Å²) in [5.41, 5.74) is 2.52. The van der Waals surface area contributed by atoms with Gasteiger partial charge in [-0.05, 0) is 32.2 Å². The Morgan fingerprint density at radius 3 is 2.62 bits per heavy atom. The second kappa shape index (κ2) is 3.89. The molecule has 0 unspecified atom stereocenters. The van der Waals surface area contributed by atoms with E-state index in [2.05, 4.69) is 10.4 Å². The van der Waals surface area contributed by atoms with E-state index in [0.717, 1.165) is 10.7 Å². The molecule has 0 saturated carbocycles. The quantitative estimate of drug-likeness (QED) is 0.312. The summed E-state index contributed by atoms with van der Waals surface area (Å²) in [5, 5.41) is 2.00. The van der Waals surface area contributed by atoms with Crippen molar-refractivity contribution in [3.8, 4) is 0 Å². The number of hydrogen-bond acceptors (Lipinski definition) is 3. The summed E-state index contributed by atoms with van der Waals surface area (Å²) in [5.74, 6) is 6.15. The summed E-state index contributed by atoms with van der Waals surface area (Å²) in [7, 11) is 0. The number of thiophene rings is 1. The van der Waals surface area contributed by atoms with Gasteiger partial charge in [0.05, 0.1) is 10.4 Å². The topological polar surface area (TPSA) is 50.4 Å². The van der Waals surface area contributed by atoms with E-state index in [4.69, 9.17) is 5.84 Å². The minimum atomic E-state index is -0.105. The molecule has 3 N–H and O–H groups in total. The lowest BCUT2D eigenvalue weighted by atomic mass is 10.1. The first kappa shape index (κ1) is 10.2. The lowest BCUT2D eigenvalue weighted by molar-refractivity contribution is 0.580. The Labute approximate surface area is 82.7 Å². The van der Waals surface area contributed by atoms with Gasteiger partial charge in [0, 0.05) is 0 Å². The molecule has 13 heavy (non-hydrogen) atoms. The first-order chi connectivity index (χ1) is 6.03. The third-order valence-electron chi connectivity index (χ3n) is 1.34. The van der Waals surface area contributed by atoms with Crippen LogP contribution in [0, 0.1) is 0 Å². The third-order valence-corrected chi connectivity index (χ3v) is 2.22. The molecule has 0 spiro atoms. The molecule has 3 nitrogen and oxygen atoms in total. The van der Waals surface area contributed by atoms with Gasteiger partial charge in [0.25, 0.3) is 0 Å². The van der Waals surface area contributed by atoms with Gasteiger partial charge in [-0.1, -0.05) is 6.07 Å². The molecule has 72 valence electrons. The van der Waals surface area contributed by atoms with Gasteiger partial charge >= 0.3 is 0 Å². The average Bonchev–Trinajstić information content (AvgIpc) is 2.50. The van der Waals surface area contributed by atoms with Gasteiger partial charge in [-0.2, -0.15) is 0 Å². The minimum Gasteiger partial charge on any atom is -0.308 e. The second-order valence-corrected chi connectivity index (χ2v) is 4.70. The van der Waals surface area contributed by atoms with Gasteiger partial charge in [-0.3, -0.25) is 4.99 Å². The molecule has 0 bridgehead atoms. The average molecular weight is 197 g/mol. The molecule has 1 rings (SSSR count). The third kappa shape index (κ3) is 3.16. The molecule has 0 aliphatic heterocycles. The normalized spacial score (nSPS) is 13.1. The molecule has 1 aromatic heterocycles. The highest BCUT2D eigenvalue weighted by Gasteiger charge is 2.10. The summed E-state index contributed by atoms with van der Waals surface area (Å²) >= 11 is 1.62. The van der Waals surface area contributed by atoms with Crippen LogP contribution in [0.3, 0.4) is 0 Å². The maximum Gasteiger partial charge on any atom is 0.153 e. The minimum absolute atomic E-state index is 0.105. The molecule has 4 heteroatoms. The number of nitrogens with zero attached hydrogens (tertiary/aromatic N) is 1. The zero-order chi connectivity index (χ0) is 9.90. The zero-order valence-electron chi connectivity index (χ0n) is 8.16. The van der Waals surface area contributed by atoms with Crippen LogP contribution in [-0.2, 0) is 0 Å². The van der Waals surface area contributed by atoms with Gasteiger partial charge in [0.2, 0.25) is 0 Å². The van der Waals surface area contributed by atoms with Crippen LogP contribution in [0.2, 0.25) is 0 Å². The van der Waals surface area contributed by atoms with Gasteiger partial charge < -0.3 is 5.43 Å². The smallest absolute Gasteiger partial charge is 0.153 e.